The molecule has 0 fully saturated rings. The third-order valence-corrected chi connectivity index (χ3v) is 3.18. The number of H-pyrrole nitrogens is 1. The summed E-state index contributed by atoms with van der Waals surface area (Å²) >= 11 is 0. The number of nitrogens with zero attached hydrogens (tertiary/aromatic N) is 1. The number of hydrogen-bond donors (Lipinski definition) is 2. The maximum Gasteiger partial charge on any atom is 0.232 e. The first-order valence-corrected chi connectivity index (χ1v) is 7.06. The quantitative estimate of drug-likeness (QED) is 0.907. The third kappa shape index (κ3) is 4.04. The zero-order valence-electron chi connectivity index (χ0n) is 13.3. The summed E-state index contributed by atoms with van der Waals surface area (Å²) in [5.41, 5.74) is 0.792. The molecule has 21 heavy (non-hydrogen) atoms. The molecule has 114 valence electrons. The van der Waals surface area contributed by atoms with E-state index in [1.807, 2.05) is 52.8 Å². The number of aromatic amines is 1. The van der Waals surface area contributed by atoms with Gasteiger partial charge in [0.05, 0.1) is 29.3 Å². The Bertz CT molecular complexity index is 638. The Morgan fingerprint density at radius 1 is 1.29 bits per heavy atom. The number of aromatic nitrogens is 2. The minimum Gasteiger partial charge on any atom is -0.375 e. The smallest absolute Gasteiger partial charge is 0.232 e. The van der Waals surface area contributed by atoms with Gasteiger partial charge in [-0.3, -0.25) is 9.89 Å². The maximum absolute atomic E-state index is 12.4. The summed E-state index contributed by atoms with van der Waals surface area (Å²) in [4.78, 5) is 12.4. The fourth-order valence-corrected chi connectivity index (χ4v) is 1.78. The molecular formula is C16H23N3O2. The van der Waals surface area contributed by atoms with Crippen LogP contribution in [0.5, 0.6) is 0 Å². The number of amides is 1. The highest BCUT2D eigenvalue weighted by Gasteiger charge is 2.30. The lowest BCUT2D eigenvalue weighted by molar-refractivity contribution is -0.130. The molecule has 0 aliphatic rings. The van der Waals surface area contributed by atoms with Gasteiger partial charge in [0.2, 0.25) is 5.91 Å². The standard InChI is InChI=1S/C16H23N3O2/c1-15(2,3)21-10-16(4,5)14(20)18-12-7-6-11-9-17-19-13(11)8-12/h6-9H,10H2,1-5H3,(H,17,19)(H,18,20). The van der Waals surface area contributed by atoms with Gasteiger partial charge in [-0.15, -0.1) is 0 Å². The van der Waals surface area contributed by atoms with Crippen LogP contribution in [0, 0.1) is 5.41 Å². The molecule has 5 nitrogen and oxygen atoms in total. The van der Waals surface area contributed by atoms with E-state index in [2.05, 4.69) is 15.5 Å². The lowest BCUT2D eigenvalue weighted by atomic mass is 9.93. The van der Waals surface area contributed by atoms with E-state index in [1.54, 1.807) is 6.20 Å². The number of hydrogen-bond acceptors (Lipinski definition) is 3. The van der Waals surface area contributed by atoms with Crippen molar-refractivity contribution in [1.29, 1.82) is 0 Å². The molecule has 0 saturated carbocycles. The predicted molar refractivity (Wildman–Crippen MR) is 84.2 cm³/mol. The molecule has 0 spiro atoms. The van der Waals surface area contributed by atoms with Crippen molar-refractivity contribution in [1.82, 2.24) is 10.2 Å². The van der Waals surface area contributed by atoms with Crippen molar-refractivity contribution in [2.24, 2.45) is 5.41 Å². The van der Waals surface area contributed by atoms with Gasteiger partial charge in [-0.25, -0.2) is 0 Å². The summed E-state index contributed by atoms with van der Waals surface area (Å²) in [7, 11) is 0. The molecule has 0 aliphatic carbocycles. The van der Waals surface area contributed by atoms with Crippen LogP contribution in [0.15, 0.2) is 24.4 Å². The Hall–Kier alpha value is -1.88. The number of benzene rings is 1. The van der Waals surface area contributed by atoms with Gasteiger partial charge < -0.3 is 10.1 Å². The predicted octanol–water partition coefficient (Wildman–Crippen LogP) is 3.34. The van der Waals surface area contributed by atoms with Crippen molar-refractivity contribution in [2.75, 3.05) is 11.9 Å². The highest BCUT2D eigenvalue weighted by Crippen LogP contribution is 2.23. The molecule has 2 rings (SSSR count). The molecule has 1 amide bonds. The highest BCUT2D eigenvalue weighted by atomic mass is 16.5. The molecule has 2 aromatic rings. The number of carbonyl (C=O) groups is 1. The van der Waals surface area contributed by atoms with Crippen LogP contribution < -0.4 is 5.32 Å². The Morgan fingerprint density at radius 3 is 2.67 bits per heavy atom. The van der Waals surface area contributed by atoms with E-state index in [0.717, 1.165) is 16.6 Å². The van der Waals surface area contributed by atoms with Gasteiger partial charge in [0.25, 0.3) is 0 Å². The van der Waals surface area contributed by atoms with Gasteiger partial charge in [-0.1, -0.05) is 0 Å². The zero-order chi connectivity index (χ0) is 15.7. The van der Waals surface area contributed by atoms with Crippen LogP contribution in [0.3, 0.4) is 0 Å². The molecule has 0 radical (unpaired) electrons. The molecule has 0 unspecified atom stereocenters. The third-order valence-electron chi connectivity index (χ3n) is 3.18. The number of nitrogens with one attached hydrogen (secondary N) is 2. The van der Waals surface area contributed by atoms with E-state index in [0.29, 0.717) is 6.61 Å². The molecule has 1 heterocycles. The van der Waals surface area contributed by atoms with E-state index in [-0.39, 0.29) is 11.5 Å². The molecule has 5 heteroatoms. The summed E-state index contributed by atoms with van der Waals surface area (Å²) in [5.74, 6) is -0.0642. The number of carbonyl (C=O) groups excluding carboxylic acids is 1. The zero-order valence-corrected chi connectivity index (χ0v) is 13.3. The van der Waals surface area contributed by atoms with Gasteiger partial charge in [-0.2, -0.15) is 5.10 Å². The van der Waals surface area contributed by atoms with Crippen LogP contribution in [0.2, 0.25) is 0 Å². The first kappa shape index (κ1) is 15.5. The molecule has 0 bridgehead atoms. The number of anilines is 1. The number of fused-ring (bicyclic) bond motifs is 1. The second-order valence-electron chi connectivity index (χ2n) is 6.91. The first-order valence-electron chi connectivity index (χ1n) is 7.06. The molecule has 2 N–H and O–H groups in total. The fraction of sp³-hybridized carbons (Fsp3) is 0.500. The molecular weight excluding hydrogens is 266 g/mol. The highest BCUT2D eigenvalue weighted by molar-refractivity contribution is 5.96. The summed E-state index contributed by atoms with van der Waals surface area (Å²) in [6.45, 7) is 10.1. The Morgan fingerprint density at radius 2 is 2.00 bits per heavy atom. The van der Waals surface area contributed by atoms with E-state index in [4.69, 9.17) is 4.74 Å². The maximum atomic E-state index is 12.4. The van der Waals surface area contributed by atoms with Crippen LogP contribution in [0.4, 0.5) is 5.69 Å². The average molecular weight is 289 g/mol. The topological polar surface area (TPSA) is 67.0 Å². The minimum atomic E-state index is -0.601. The lowest BCUT2D eigenvalue weighted by Crippen LogP contribution is -2.37. The van der Waals surface area contributed by atoms with Crippen LogP contribution in [-0.4, -0.2) is 28.3 Å². The molecule has 0 aliphatic heterocycles. The average Bonchev–Trinajstić information content (AvgIpc) is 2.83. The van der Waals surface area contributed by atoms with E-state index in [9.17, 15) is 4.79 Å². The summed E-state index contributed by atoms with van der Waals surface area (Å²) in [6, 6.07) is 5.67. The molecule has 1 aromatic heterocycles. The van der Waals surface area contributed by atoms with Gasteiger partial charge in [0.1, 0.15) is 0 Å². The second-order valence-corrected chi connectivity index (χ2v) is 6.91. The van der Waals surface area contributed by atoms with Crippen molar-refractivity contribution in [3.63, 3.8) is 0 Å². The van der Waals surface area contributed by atoms with Crippen LogP contribution in [0.25, 0.3) is 10.9 Å². The molecule has 0 saturated heterocycles. The minimum absolute atomic E-state index is 0.0642. The largest absolute Gasteiger partial charge is 0.375 e. The number of ether oxygens (including phenoxy) is 1. The van der Waals surface area contributed by atoms with Gasteiger partial charge in [0.15, 0.2) is 0 Å². The summed E-state index contributed by atoms with van der Waals surface area (Å²) in [6.07, 6.45) is 1.75. The normalized spacial score (nSPS) is 12.6. The number of rotatable bonds is 4. The van der Waals surface area contributed by atoms with Crippen LogP contribution in [0.1, 0.15) is 34.6 Å². The van der Waals surface area contributed by atoms with E-state index < -0.39 is 5.41 Å². The molecule has 1 aromatic carbocycles. The van der Waals surface area contributed by atoms with Crippen molar-refractivity contribution in [2.45, 2.75) is 40.2 Å². The van der Waals surface area contributed by atoms with Crippen molar-refractivity contribution < 1.29 is 9.53 Å². The van der Waals surface area contributed by atoms with Gasteiger partial charge >= 0.3 is 0 Å². The fourth-order valence-electron chi connectivity index (χ4n) is 1.78. The monoisotopic (exact) mass is 289 g/mol. The SMILES string of the molecule is CC(C)(C)OCC(C)(C)C(=O)Nc1ccc2cn[nH]c2c1. The summed E-state index contributed by atoms with van der Waals surface area (Å²) < 4.78 is 5.73. The summed E-state index contributed by atoms with van der Waals surface area (Å²) in [5, 5.41) is 10.8. The Balaban J connectivity index is 2.05. The van der Waals surface area contributed by atoms with Crippen molar-refractivity contribution >= 4 is 22.5 Å². The van der Waals surface area contributed by atoms with Crippen LogP contribution >= 0.6 is 0 Å². The lowest BCUT2D eigenvalue weighted by Gasteiger charge is -2.28. The second kappa shape index (κ2) is 5.48. The molecule has 0 atom stereocenters. The van der Waals surface area contributed by atoms with Gasteiger partial charge in [-0.05, 0) is 52.8 Å². The van der Waals surface area contributed by atoms with Crippen molar-refractivity contribution in [3.8, 4) is 0 Å². The van der Waals surface area contributed by atoms with Gasteiger partial charge in [0, 0.05) is 11.1 Å². The Labute approximate surface area is 125 Å². The van der Waals surface area contributed by atoms with Crippen LogP contribution in [-0.2, 0) is 9.53 Å². The first-order chi connectivity index (χ1) is 9.67. The van der Waals surface area contributed by atoms with Crippen molar-refractivity contribution in [3.05, 3.63) is 24.4 Å². The Kier molecular flexibility index (Phi) is 4.05. The van der Waals surface area contributed by atoms with E-state index in [1.165, 1.54) is 0 Å². The van der Waals surface area contributed by atoms with E-state index >= 15 is 0 Å².